The molecule has 2 aromatic heterocycles. The Kier molecular flexibility index (Phi) is 5.16. The molecule has 3 amide bonds. The standard InChI is InChI=1S/C14H17N7O2S/c22-11(19-13-17-4-9-24-13)10-18-14(23)21-7-5-20(6-8-21)12-15-2-1-3-16-12/h1-4,9H,5-8,10H2,(H,18,23)(H,17,19,22). The van der Waals surface area contributed by atoms with Crippen molar-refractivity contribution in [1.82, 2.24) is 25.2 Å². The number of thiazole rings is 1. The number of aromatic nitrogens is 3. The van der Waals surface area contributed by atoms with Crippen LogP contribution in [0.5, 0.6) is 0 Å². The predicted molar refractivity (Wildman–Crippen MR) is 90.0 cm³/mol. The van der Waals surface area contributed by atoms with Crippen molar-refractivity contribution in [3.8, 4) is 0 Å². The van der Waals surface area contributed by atoms with Crippen LogP contribution in [0.1, 0.15) is 0 Å². The van der Waals surface area contributed by atoms with Crippen molar-refractivity contribution in [2.24, 2.45) is 0 Å². The highest BCUT2D eigenvalue weighted by molar-refractivity contribution is 7.13. The highest BCUT2D eigenvalue weighted by atomic mass is 32.1. The van der Waals surface area contributed by atoms with Crippen LogP contribution in [0.25, 0.3) is 0 Å². The Labute approximate surface area is 142 Å². The van der Waals surface area contributed by atoms with E-state index in [4.69, 9.17) is 0 Å². The molecule has 0 radical (unpaired) electrons. The number of urea groups is 1. The van der Waals surface area contributed by atoms with E-state index in [9.17, 15) is 9.59 Å². The third-order valence-corrected chi connectivity index (χ3v) is 4.17. The van der Waals surface area contributed by atoms with Gasteiger partial charge in [-0.05, 0) is 6.07 Å². The van der Waals surface area contributed by atoms with Crippen LogP contribution in [-0.2, 0) is 4.79 Å². The molecule has 0 saturated carbocycles. The van der Waals surface area contributed by atoms with E-state index in [1.54, 1.807) is 34.9 Å². The summed E-state index contributed by atoms with van der Waals surface area (Å²) in [5.41, 5.74) is 0. The van der Waals surface area contributed by atoms with E-state index in [0.717, 1.165) is 0 Å². The summed E-state index contributed by atoms with van der Waals surface area (Å²) in [6.45, 7) is 2.34. The number of carbonyl (C=O) groups excluding carboxylic acids is 2. The summed E-state index contributed by atoms with van der Waals surface area (Å²) >= 11 is 1.33. The Morgan fingerprint density at radius 2 is 1.83 bits per heavy atom. The normalized spacial score (nSPS) is 14.3. The van der Waals surface area contributed by atoms with E-state index in [1.165, 1.54) is 11.3 Å². The number of nitrogens with zero attached hydrogens (tertiary/aromatic N) is 5. The zero-order chi connectivity index (χ0) is 16.8. The van der Waals surface area contributed by atoms with E-state index >= 15 is 0 Å². The second-order valence-electron chi connectivity index (χ2n) is 5.07. The maximum absolute atomic E-state index is 12.1. The number of amides is 3. The molecule has 126 valence electrons. The Hall–Kier alpha value is -2.75. The van der Waals surface area contributed by atoms with Gasteiger partial charge < -0.3 is 20.4 Å². The molecule has 2 aromatic rings. The van der Waals surface area contributed by atoms with Gasteiger partial charge in [-0.3, -0.25) is 4.79 Å². The number of hydrogen-bond donors (Lipinski definition) is 2. The van der Waals surface area contributed by atoms with Crippen LogP contribution in [0.15, 0.2) is 30.0 Å². The van der Waals surface area contributed by atoms with Crippen LogP contribution in [0.3, 0.4) is 0 Å². The fourth-order valence-corrected chi connectivity index (χ4v) is 2.83. The molecule has 1 aliphatic heterocycles. The summed E-state index contributed by atoms with van der Waals surface area (Å²) in [7, 11) is 0. The molecule has 0 spiro atoms. The second kappa shape index (κ2) is 7.68. The van der Waals surface area contributed by atoms with Gasteiger partial charge in [-0.2, -0.15) is 0 Å². The van der Waals surface area contributed by atoms with Gasteiger partial charge in [-0.15, -0.1) is 11.3 Å². The first-order valence-corrected chi connectivity index (χ1v) is 8.34. The number of piperazine rings is 1. The summed E-state index contributed by atoms with van der Waals surface area (Å²) in [5.74, 6) is 0.370. The van der Waals surface area contributed by atoms with Gasteiger partial charge in [0.25, 0.3) is 0 Å². The molecule has 2 N–H and O–H groups in total. The van der Waals surface area contributed by atoms with Crippen molar-refractivity contribution in [2.75, 3.05) is 42.9 Å². The van der Waals surface area contributed by atoms with Gasteiger partial charge in [-0.25, -0.2) is 19.7 Å². The van der Waals surface area contributed by atoms with E-state index in [2.05, 4.69) is 25.6 Å². The lowest BCUT2D eigenvalue weighted by molar-refractivity contribution is -0.115. The van der Waals surface area contributed by atoms with Crippen LogP contribution < -0.4 is 15.5 Å². The molecule has 10 heteroatoms. The lowest BCUT2D eigenvalue weighted by atomic mass is 10.3. The largest absolute Gasteiger partial charge is 0.337 e. The lowest BCUT2D eigenvalue weighted by Crippen LogP contribution is -2.53. The molecule has 1 aliphatic rings. The fourth-order valence-electron chi connectivity index (χ4n) is 2.28. The molecule has 3 rings (SSSR count). The van der Waals surface area contributed by atoms with Crippen molar-refractivity contribution in [2.45, 2.75) is 0 Å². The molecular weight excluding hydrogens is 330 g/mol. The minimum Gasteiger partial charge on any atom is -0.337 e. The zero-order valence-corrected chi connectivity index (χ0v) is 13.7. The number of nitrogens with one attached hydrogen (secondary N) is 2. The smallest absolute Gasteiger partial charge is 0.317 e. The van der Waals surface area contributed by atoms with Crippen LogP contribution in [0.4, 0.5) is 15.9 Å². The summed E-state index contributed by atoms with van der Waals surface area (Å²) in [5, 5.41) is 7.53. The minimum atomic E-state index is -0.297. The maximum atomic E-state index is 12.1. The molecule has 24 heavy (non-hydrogen) atoms. The predicted octanol–water partition coefficient (Wildman–Crippen LogP) is 0.403. The molecule has 1 fully saturated rings. The number of carbonyl (C=O) groups is 2. The van der Waals surface area contributed by atoms with Gasteiger partial charge in [0, 0.05) is 50.1 Å². The lowest BCUT2D eigenvalue weighted by Gasteiger charge is -2.34. The fraction of sp³-hybridized carbons (Fsp3) is 0.357. The van der Waals surface area contributed by atoms with E-state index in [0.29, 0.717) is 37.3 Å². The monoisotopic (exact) mass is 347 g/mol. The van der Waals surface area contributed by atoms with Crippen molar-refractivity contribution < 1.29 is 9.59 Å². The van der Waals surface area contributed by atoms with Gasteiger partial charge in [-0.1, -0.05) is 0 Å². The molecule has 3 heterocycles. The van der Waals surface area contributed by atoms with E-state index in [1.807, 2.05) is 4.90 Å². The highest BCUT2D eigenvalue weighted by Crippen LogP contribution is 2.10. The Morgan fingerprint density at radius 3 is 2.50 bits per heavy atom. The summed E-state index contributed by atoms with van der Waals surface area (Å²) < 4.78 is 0. The summed E-state index contributed by atoms with van der Waals surface area (Å²) in [6, 6.07) is 1.52. The van der Waals surface area contributed by atoms with Gasteiger partial charge >= 0.3 is 6.03 Å². The van der Waals surface area contributed by atoms with E-state index in [-0.39, 0.29) is 18.5 Å². The molecule has 1 saturated heterocycles. The van der Waals surface area contributed by atoms with Crippen LogP contribution >= 0.6 is 11.3 Å². The quantitative estimate of drug-likeness (QED) is 0.830. The second-order valence-corrected chi connectivity index (χ2v) is 5.96. The van der Waals surface area contributed by atoms with E-state index < -0.39 is 0 Å². The first-order chi connectivity index (χ1) is 11.7. The zero-order valence-electron chi connectivity index (χ0n) is 12.9. The van der Waals surface area contributed by atoms with Crippen molar-refractivity contribution in [3.05, 3.63) is 30.0 Å². The van der Waals surface area contributed by atoms with Crippen LogP contribution in [-0.4, -0.2) is 64.5 Å². The average molecular weight is 347 g/mol. The molecule has 9 nitrogen and oxygen atoms in total. The maximum Gasteiger partial charge on any atom is 0.317 e. The number of hydrogen-bond acceptors (Lipinski definition) is 7. The van der Waals surface area contributed by atoms with Gasteiger partial charge in [0.1, 0.15) is 0 Å². The first kappa shape index (κ1) is 16.1. The third-order valence-electron chi connectivity index (χ3n) is 3.48. The van der Waals surface area contributed by atoms with Gasteiger partial charge in [0.15, 0.2) is 5.13 Å². The molecule has 0 bridgehead atoms. The van der Waals surface area contributed by atoms with Crippen molar-refractivity contribution >= 4 is 34.4 Å². The average Bonchev–Trinajstić information content (AvgIpc) is 3.13. The van der Waals surface area contributed by atoms with Crippen molar-refractivity contribution in [3.63, 3.8) is 0 Å². The number of anilines is 2. The Morgan fingerprint density at radius 1 is 1.08 bits per heavy atom. The SMILES string of the molecule is O=C(CNC(=O)N1CCN(c2ncccn2)CC1)Nc1nccs1. The first-order valence-electron chi connectivity index (χ1n) is 7.46. The van der Waals surface area contributed by atoms with Crippen molar-refractivity contribution in [1.29, 1.82) is 0 Å². The molecule has 0 aliphatic carbocycles. The topological polar surface area (TPSA) is 103 Å². The third kappa shape index (κ3) is 4.16. The minimum absolute atomic E-state index is 0.0829. The summed E-state index contributed by atoms with van der Waals surface area (Å²) in [4.78, 5) is 39.9. The molecular formula is C14H17N7O2S. The van der Waals surface area contributed by atoms with Crippen LogP contribution in [0.2, 0.25) is 0 Å². The van der Waals surface area contributed by atoms with Gasteiger partial charge in [0.05, 0.1) is 6.54 Å². The number of rotatable bonds is 4. The Balaban J connectivity index is 1.41. The Bertz CT molecular complexity index is 672. The summed E-state index contributed by atoms with van der Waals surface area (Å²) in [6.07, 6.45) is 5.00. The van der Waals surface area contributed by atoms with Gasteiger partial charge in [0.2, 0.25) is 11.9 Å². The van der Waals surface area contributed by atoms with Crippen LogP contribution in [0, 0.1) is 0 Å². The highest BCUT2D eigenvalue weighted by Gasteiger charge is 2.22. The molecule has 0 unspecified atom stereocenters. The molecule has 0 aromatic carbocycles. The molecule has 0 atom stereocenters.